The van der Waals surface area contributed by atoms with Crippen LogP contribution in [0.3, 0.4) is 0 Å². The van der Waals surface area contributed by atoms with Crippen molar-refractivity contribution >= 4 is 17.3 Å². The molecule has 3 aliphatic rings. The highest BCUT2D eigenvalue weighted by Crippen LogP contribution is 2.44. The third-order valence-corrected chi connectivity index (χ3v) is 13.0. The van der Waals surface area contributed by atoms with Crippen LogP contribution in [0, 0.1) is 17.7 Å². The molecule has 59 heavy (non-hydrogen) atoms. The van der Waals surface area contributed by atoms with E-state index in [2.05, 4.69) is 111 Å². The largest absolute Gasteiger partial charge is 0.497 e. The molecule has 2 aliphatic heterocycles. The van der Waals surface area contributed by atoms with Crippen molar-refractivity contribution in [1.29, 1.82) is 0 Å². The van der Waals surface area contributed by atoms with Crippen LogP contribution < -0.4 is 24.2 Å². The minimum atomic E-state index is -0.158. The van der Waals surface area contributed by atoms with Crippen molar-refractivity contribution in [2.75, 3.05) is 95.4 Å². The number of rotatable bonds is 14. The third-order valence-electron chi connectivity index (χ3n) is 13.0. The molecule has 10 heteroatoms. The van der Waals surface area contributed by atoms with E-state index in [-0.39, 0.29) is 17.9 Å². The lowest BCUT2D eigenvalue weighted by Gasteiger charge is -2.42. The van der Waals surface area contributed by atoms with Gasteiger partial charge < -0.3 is 33.5 Å². The van der Waals surface area contributed by atoms with Gasteiger partial charge in [0.2, 0.25) is 11.8 Å². The van der Waals surface area contributed by atoms with Gasteiger partial charge in [0.05, 0.1) is 20.3 Å². The molecule has 1 aromatic heterocycles. The van der Waals surface area contributed by atoms with Gasteiger partial charge in [-0.25, -0.2) is 9.37 Å². The van der Waals surface area contributed by atoms with Crippen molar-refractivity contribution in [2.24, 2.45) is 11.8 Å². The molecule has 1 saturated carbocycles. The van der Waals surface area contributed by atoms with Gasteiger partial charge in [0.1, 0.15) is 23.0 Å². The van der Waals surface area contributed by atoms with Crippen LogP contribution in [0.25, 0.3) is 0 Å². The quantitative estimate of drug-likeness (QED) is 0.110. The van der Waals surface area contributed by atoms with Gasteiger partial charge in [-0.1, -0.05) is 55.3 Å². The first-order chi connectivity index (χ1) is 28.8. The van der Waals surface area contributed by atoms with Gasteiger partial charge in [0, 0.05) is 76.2 Å². The lowest BCUT2D eigenvalue weighted by molar-refractivity contribution is 0.103. The van der Waals surface area contributed by atoms with Crippen LogP contribution in [0.2, 0.25) is 0 Å². The summed E-state index contributed by atoms with van der Waals surface area (Å²) >= 11 is 0. The Balaban J connectivity index is 1.04. The highest BCUT2D eigenvalue weighted by molar-refractivity contribution is 5.53. The van der Waals surface area contributed by atoms with Crippen LogP contribution in [0.5, 0.6) is 11.5 Å². The minimum absolute atomic E-state index is 0.0753. The lowest BCUT2D eigenvalue weighted by Crippen LogP contribution is -2.48. The summed E-state index contributed by atoms with van der Waals surface area (Å²) in [5, 5.41) is 0. The number of piperazine rings is 2. The summed E-state index contributed by atoms with van der Waals surface area (Å²) in [4.78, 5) is 17.8. The summed E-state index contributed by atoms with van der Waals surface area (Å²) in [7, 11) is 7.69. The smallest absolute Gasteiger partial charge is 0.220 e. The monoisotopic (exact) mass is 800 g/mol. The van der Waals surface area contributed by atoms with Crippen LogP contribution in [0.1, 0.15) is 66.9 Å². The molecule has 2 unspecified atom stereocenters. The molecule has 4 aromatic carbocycles. The number of hydrogen-bond acceptors (Lipinski definition) is 9. The molecule has 9 nitrogen and oxygen atoms in total. The molecule has 0 amide bonds. The Hall–Kier alpha value is -5.06. The standard InChI is InChI=1S/C49H61FN6O3/c1-52(2)47(39-11-8-12-40(50)35-39)38-15-13-37(14-16-38)34-46(55-29-25-53(26-30-55)41-17-21-43(57-3)22-18-41)48-51-45(33-36-9-6-5-7-10-36)49(59-48)56-31-27-54(28-32-56)42-19-23-44(58-4)24-20-42/h5-12,17-24,35,37-38,46-47H,13-16,25-34H2,1-4H3. The number of ether oxygens (including phenoxy) is 2. The Morgan fingerprint density at radius 3 is 1.83 bits per heavy atom. The van der Waals surface area contributed by atoms with Crippen LogP contribution in [0.4, 0.5) is 21.6 Å². The topological polar surface area (TPSA) is 60.7 Å². The molecular weight excluding hydrogens is 740 g/mol. The maximum absolute atomic E-state index is 14.4. The Kier molecular flexibility index (Phi) is 13.0. The average Bonchev–Trinajstić information content (AvgIpc) is 3.69. The van der Waals surface area contributed by atoms with E-state index in [1.807, 2.05) is 18.2 Å². The number of benzene rings is 4. The van der Waals surface area contributed by atoms with Gasteiger partial charge in [0.15, 0.2) is 0 Å². The normalized spacial score (nSPS) is 20.1. The molecule has 312 valence electrons. The molecule has 0 spiro atoms. The van der Waals surface area contributed by atoms with Crippen molar-refractivity contribution in [1.82, 2.24) is 14.8 Å². The predicted molar refractivity (Wildman–Crippen MR) is 236 cm³/mol. The number of methoxy groups -OCH3 is 2. The Morgan fingerprint density at radius 1 is 0.695 bits per heavy atom. The van der Waals surface area contributed by atoms with Crippen molar-refractivity contribution in [3.63, 3.8) is 0 Å². The van der Waals surface area contributed by atoms with Crippen LogP contribution in [-0.4, -0.2) is 95.5 Å². The zero-order valence-corrected chi connectivity index (χ0v) is 35.3. The molecular formula is C49H61FN6O3. The highest BCUT2D eigenvalue weighted by Gasteiger charge is 2.36. The van der Waals surface area contributed by atoms with Gasteiger partial charge in [-0.3, -0.25) is 4.90 Å². The number of anilines is 3. The second-order valence-electron chi connectivity index (χ2n) is 16.9. The van der Waals surface area contributed by atoms with Crippen molar-refractivity contribution in [3.05, 3.63) is 132 Å². The Labute approximate surface area is 350 Å². The maximum atomic E-state index is 14.4. The van der Waals surface area contributed by atoms with E-state index >= 15 is 0 Å². The summed E-state index contributed by atoms with van der Waals surface area (Å²) in [6, 6.07) is 35.0. The van der Waals surface area contributed by atoms with E-state index in [1.165, 1.54) is 16.9 Å². The number of oxazole rings is 1. The fourth-order valence-corrected chi connectivity index (χ4v) is 9.85. The first-order valence-corrected chi connectivity index (χ1v) is 21.6. The summed E-state index contributed by atoms with van der Waals surface area (Å²) in [6.07, 6.45) is 6.27. The molecule has 3 fully saturated rings. The minimum Gasteiger partial charge on any atom is -0.497 e. The van der Waals surface area contributed by atoms with E-state index in [0.717, 1.165) is 125 Å². The van der Waals surface area contributed by atoms with E-state index in [1.54, 1.807) is 26.4 Å². The number of aromatic nitrogens is 1. The molecule has 1 aliphatic carbocycles. The van der Waals surface area contributed by atoms with Gasteiger partial charge >= 0.3 is 0 Å². The summed E-state index contributed by atoms with van der Waals surface area (Å²) in [6.45, 7) is 7.25. The SMILES string of the molecule is COc1ccc(N2CCN(c3oc(C(CC4CCC(C(c5cccc(F)c5)N(C)C)CC4)N4CCN(c5ccc(OC)cc5)CC4)nc3Cc3ccccc3)CC2)cc1. The molecule has 3 heterocycles. The Morgan fingerprint density at radius 2 is 1.27 bits per heavy atom. The second-order valence-corrected chi connectivity index (χ2v) is 16.9. The summed E-state index contributed by atoms with van der Waals surface area (Å²) in [5.41, 5.74) is 5.78. The number of hydrogen-bond donors (Lipinski definition) is 0. The van der Waals surface area contributed by atoms with Crippen LogP contribution in [-0.2, 0) is 6.42 Å². The first-order valence-electron chi connectivity index (χ1n) is 21.6. The van der Waals surface area contributed by atoms with Crippen molar-refractivity contribution in [2.45, 2.75) is 50.6 Å². The van der Waals surface area contributed by atoms with Gasteiger partial charge in [0.25, 0.3) is 0 Å². The van der Waals surface area contributed by atoms with E-state index in [9.17, 15) is 4.39 Å². The summed E-state index contributed by atoms with van der Waals surface area (Å²) in [5.74, 6) is 4.40. The Bertz CT molecular complexity index is 2050. The van der Waals surface area contributed by atoms with E-state index < -0.39 is 0 Å². The molecule has 5 aromatic rings. The molecule has 0 N–H and O–H groups in total. The van der Waals surface area contributed by atoms with E-state index in [0.29, 0.717) is 11.8 Å². The highest BCUT2D eigenvalue weighted by atomic mass is 19.1. The molecule has 2 atom stereocenters. The second kappa shape index (κ2) is 18.9. The van der Waals surface area contributed by atoms with Crippen molar-refractivity contribution < 1.29 is 18.3 Å². The number of nitrogens with zero attached hydrogens (tertiary/aromatic N) is 6. The van der Waals surface area contributed by atoms with Gasteiger partial charge in [-0.05, 0) is 117 Å². The first kappa shape index (κ1) is 40.7. The molecule has 2 saturated heterocycles. The number of halogens is 1. The molecule has 8 rings (SSSR count). The van der Waals surface area contributed by atoms with Crippen LogP contribution >= 0.6 is 0 Å². The third kappa shape index (κ3) is 9.71. The molecule has 0 radical (unpaired) electrons. The lowest BCUT2D eigenvalue weighted by atomic mass is 9.74. The van der Waals surface area contributed by atoms with Gasteiger partial charge in [-0.15, -0.1) is 0 Å². The van der Waals surface area contributed by atoms with Gasteiger partial charge in [-0.2, -0.15) is 0 Å². The predicted octanol–water partition coefficient (Wildman–Crippen LogP) is 9.11. The summed E-state index contributed by atoms with van der Waals surface area (Å²) < 4.78 is 32.4. The maximum Gasteiger partial charge on any atom is 0.220 e. The zero-order chi connectivity index (χ0) is 40.7. The fourth-order valence-electron chi connectivity index (χ4n) is 9.85. The van der Waals surface area contributed by atoms with Crippen molar-refractivity contribution in [3.8, 4) is 11.5 Å². The zero-order valence-electron chi connectivity index (χ0n) is 35.3. The van der Waals surface area contributed by atoms with E-state index in [4.69, 9.17) is 18.9 Å². The van der Waals surface area contributed by atoms with Crippen LogP contribution in [0.15, 0.2) is 108 Å². The molecule has 0 bridgehead atoms. The fraction of sp³-hybridized carbons (Fsp3) is 0.449. The average molecular weight is 801 g/mol.